The standard InChI is InChI=1S/3C27H28FN3O3/c1-2-33-27(32)30-23-9-10-24-19(14-23)12-20-16-34-31-26(20)25(24)11-8-22-7-6-18(15-29-22)17-4-3-5-21(28)13-17;1-2-33-27(32)31-23-9-10-24-19(14-23)12-20-16-30-34-26(20)25(24)11-8-22-7-6-18(15-29-22)17-4-3-5-21(28)13-17;1-2-33-27(32)30-22-9-10-23-19(13-22)14-26-25(16-34-31-26)24(23)11-8-21-7-6-18(15-29-21)17-4-3-5-20(28)12-17/h3-8,11,13,15-16,19,23-25H,2,9-10,12,14H2,1H3,(H,30,32);3-8,11,13,15-16,19,23-25H,2,9-10,12,14H2,1H3,(H,31,32);3-8,11-12,15-16,19,22-24H,2,9-10,13-14H2,1H3,(H,30,32)/b3*11-8+/t2*19-,23-,24-,25+;19-,22+,23+,24-/m110/s1. The smallest absolute Gasteiger partial charge is 0.407 e. The summed E-state index contributed by atoms with van der Waals surface area (Å²) in [6.07, 6.45) is 33.5. The highest BCUT2D eigenvalue weighted by atomic mass is 19.1. The summed E-state index contributed by atoms with van der Waals surface area (Å²) in [7, 11) is 0. The molecule has 3 saturated carbocycles. The van der Waals surface area contributed by atoms with Gasteiger partial charge in [-0.1, -0.05) is 88.3 Å². The second-order valence-corrected chi connectivity index (χ2v) is 27.3. The van der Waals surface area contributed by atoms with E-state index >= 15 is 0 Å². The minimum absolute atomic E-state index is 0.115. The molecule has 3 N–H and O–H groups in total. The zero-order valence-electron chi connectivity index (χ0n) is 57.3. The van der Waals surface area contributed by atoms with Crippen LogP contribution in [-0.4, -0.2) is 86.6 Å². The Balaban J connectivity index is 0.000000137. The number of rotatable bonds is 15. The Hall–Kier alpha value is -10.4. The van der Waals surface area contributed by atoms with E-state index in [-0.39, 0.29) is 71.6 Å². The summed E-state index contributed by atoms with van der Waals surface area (Å²) in [5.41, 5.74) is 13.0. The first kappa shape index (κ1) is 70.0. The molecule has 0 aliphatic heterocycles. The number of pyridine rings is 3. The van der Waals surface area contributed by atoms with Crippen molar-refractivity contribution in [3.8, 4) is 33.4 Å². The Morgan fingerprint density at radius 1 is 0.471 bits per heavy atom. The van der Waals surface area contributed by atoms with Crippen molar-refractivity contribution in [3.63, 3.8) is 0 Å². The van der Waals surface area contributed by atoms with E-state index in [0.717, 1.165) is 161 Å². The van der Waals surface area contributed by atoms with Crippen molar-refractivity contribution < 1.29 is 55.3 Å². The van der Waals surface area contributed by atoms with E-state index in [1.54, 1.807) is 49.3 Å². The third-order valence-corrected chi connectivity index (χ3v) is 21.0. The van der Waals surface area contributed by atoms with E-state index in [1.165, 1.54) is 36.4 Å². The molecule has 0 radical (unpaired) electrons. The van der Waals surface area contributed by atoms with Gasteiger partial charge in [0.2, 0.25) is 0 Å². The molecule has 21 heteroatoms. The van der Waals surface area contributed by atoms with Gasteiger partial charge in [-0.3, -0.25) is 15.0 Å². The van der Waals surface area contributed by atoms with Gasteiger partial charge >= 0.3 is 18.3 Å². The van der Waals surface area contributed by atoms with E-state index in [9.17, 15) is 27.6 Å². The molecule has 0 bridgehead atoms. The average Bonchev–Trinajstić information content (AvgIpc) is 1.29. The molecule has 3 fully saturated rings. The number of carbonyl (C=O) groups is 3. The van der Waals surface area contributed by atoms with Gasteiger partial charge in [-0.25, -0.2) is 27.6 Å². The first-order valence-corrected chi connectivity index (χ1v) is 35.6. The van der Waals surface area contributed by atoms with Crippen LogP contribution in [-0.2, 0) is 33.5 Å². The Labute approximate surface area is 591 Å². The second kappa shape index (κ2) is 32.9. The average molecular weight is 1380 g/mol. The molecule has 528 valence electrons. The lowest BCUT2D eigenvalue weighted by Crippen LogP contribution is -2.44. The second-order valence-electron chi connectivity index (χ2n) is 27.3. The van der Waals surface area contributed by atoms with Gasteiger partial charge in [0, 0.05) is 87.9 Å². The zero-order valence-corrected chi connectivity index (χ0v) is 57.3. The van der Waals surface area contributed by atoms with E-state index in [4.69, 9.17) is 27.8 Å². The van der Waals surface area contributed by atoms with Crippen LogP contribution in [0.4, 0.5) is 27.6 Å². The molecule has 6 aliphatic carbocycles. The topological polar surface area (TPSA) is 232 Å². The van der Waals surface area contributed by atoms with Crippen LogP contribution < -0.4 is 16.0 Å². The van der Waals surface area contributed by atoms with E-state index < -0.39 is 0 Å². The molecular formula is C81H84F3N9O9. The number of hydrogen-bond donors (Lipinski definition) is 3. The van der Waals surface area contributed by atoms with Gasteiger partial charge in [0.25, 0.3) is 0 Å². The summed E-state index contributed by atoms with van der Waals surface area (Å²) in [6.45, 7) is 6.55. The number of nitrogens with one attached hydrogen (secondary N) is 3. The number of fused-ring (bicyclic) bond motifs is 6. The number of amides is 3. The fourth-order valence-electron chi connectivity index (χ4n) is 16.3. The summed E-state index contributed by atoms with van der Waals surface area (Å²) in [6, 6.07) is 31.6. The molecule has 0 spiro atoms. The van der Waals surface area contributed by atoms with Crippen molar-refractivity contribution in [2.24, 2.45) is 35.5 Å². The maximum absolute atomic E-state index is 13.5. The van der Waals surface area contributed by atoms with Gasteiger partial charge < -0.3 is 43.7 Å². The van der Waals surface area contributed by atoms with Crippen LogP contribution in [0.15, 0.2) is 178 Å². The Bertz CT molecular complexity index is 3960. The van der Waals surface area contributed by atoms with Crippen molar-refractivity contribution >= 4 is 36.5 Å². The van der Waals surface area contributed by atoms with E-state index in [1.807, 2.05) is 99.8 Å². The minimum atomic E-state index is -0.340. The van der Waals surface area contributed by atoms with Crippen molar-refractivity contribution in [3.05, 3.63) is 233 Å². The fraction of sp³-hybridized carbons (Fsp3) is 0.370. The number of alkyl carbamates (subject to hydrolysis) is 3. The van der Waals surface area contributed by atoms with Gasteiger partial charge in [0.15, 0.2) is 0 Å². The highest BCUT2D eigenvalue weighted by Crippen LogP contribution is 2.51. The van der Waals surface area contributed by atoms with Crippen molar-refractivity contribution in [1.82, 2.24) is 46.4 Å². The lowest BCUT2D eigenvalue weighted by molar-refractivity contribution is 0.125. The van der Waals surface area contributed by atoms with Crippen LogP contribution in [0, 0.1) is 53.0 Å². The third-order valence-electron chi connectivity index (χ3n) is 21.0. The van der Waals surface area contributed by atoms with Gasteiger partial charge in [-0.15, -0.1) is 0 Å². The molecule has 0 saturated heterocycles. The molecule has 9 aromatic rings. The summed E-state index contributed by atoms with van der Waals surface area (Å²) in [5, 5.41) is 21.7. The SMILES string of the molecule is CCOC(=O)N[C@@H]1CC[C@@H]2[C@H](Cc3cnoc3[C@H]2/C=C/c2ccc(-c3cccc(F)c3)cn2)C1.CCOC(=O)N[C@@H]1CC[C@@H]2[C@H](Cc3conc3[C@H]2/C=C/c2ccc(-c3cccc(F)c3)cn2)C1.CCOC(=O)N[C@@H]1CC[C@@H]2[C@H](Cc3nocc3[C@H]2/C=C/c2ccc(-c3cccc(F)c3)cn2)C1. The van der Waals surface area contributed by atoms with Gasteiger partial charge in [0.05, 0.1) is 54.5 Å². The monoisotopic (exact) mass is 1380 g/mol. The molecule has 0 unspecified atom stereocenters. The number of ether oxygens (including phenoxy) is 3. The van der Waals surface area contributed by atoms with Gasteiger partial charge in [-0.05, 0) is 223 Å². The number of benzene rings is 3. The lowest BCUT2D eigenvalue weighted by atomic mass is 9.64. The van der Waals surface area contributed by atoms with Crippen molar-refractivity contribution in [2.45, 2.75) is 134 Å². The first-order valence-electron chi connectivity index (χ1n) is 35.6. The number of allylic oxidation sites excluding steroid dienone is 3. The number of halogens is 3. The molecule has 6 heterocycles. The summed E-state index contributed by atoms with van der Waals surface area (Å²) in [5.74, 6) is 3.19. The summed E-state index contributed by atoms with van der Waals surface area (Å²) < 4.78 is 72.1. The number of aromatic nitrogens is 6. The fourth-order valence-corrected chi connectivity index (χ4v) is 16.3. The van der Waals surface area contributed by atoms with Gasteiger partial charge in [0.1, 0.15) is 35.7 Å². The first-order chi connectivity index (χ1) is 49.8. The largest absolute Gasteiger partial charge is 0.450 e. The van der Waals surface area contributed by atoms with E-state index in [2.05, 4.69) is 64.6 Å². The number of nitrogens with zero attached hydrogens (tertiary/aromatic N) is 6. The van der Waals surface area contributed by atoms with Crippen LogP contribution in [0.3, 0.4) is 0 Å². The number of carbonyl (C=O) groups excluding carboxylic acids is 3. The number of hydrogen-bond acceptors (Lipinski definition) is 15. The predicted molar refractivity (Wildman–Crippen MR) is 379 cm³/mol. The van der Waals surface area contributed by atoms with Crippen molar-refractivity contribution in [1.29, 1.82) is 0 Å². The van der Waals surface area contributed by atoms with Crippen LogP contribution >= 0.6 is 0 Å². The Morgan fingerprint density at radius 3 is 1.34 bits per heavy atom. The van der Waals surface area contributed by atoms with Gasteiger partial charge in [-0.2, -0.15) is 0 Å². The van der Waals surface area contributed by atoms with Crippen molar-refractivity contribution in [2.75, 3.05) is 19.8 Å². The highest BCUT2D eigenvalue weighted by Gasteiger charge is 2.45. The summed E-state index contributed by atoms with van der Waals surface area (Å²) in [4.78, 5) is 49.4. The van der Waals surface area contributed by atoms with Crippen LogP contribution in [0.25, 0.3) is 51.6 Å². The molecule has 102 heavy (non-hydrogen) atoms. The molecule has 3 aromatic carbocycles. The van der Waals surface area contributed by atoms with E-state index in [0.29, 0.717) is 55.3 Å². The molecular weight excluding hydrogens is 1300 g/mol. The maximum Gasteiger partial charge on any atom is 0.407 e. The Morgan fingerprint density at radius 2 is 0.892 bits per heavy atom. The lowest BCUT2D eigenvalue weighted by Gasteiger charge is -2.42. The summed E-state index contributed by atoms with van der Waals surface area (Å²) >= 11 is 0. The normalized spacial score (nSPS) is 23.8. The Kier molecular flexibility index (Phi) is 22.6. The van der Waals surface area contributed by atoms with Crippen LogP contribution in [0.1, 0.15) is 147 Å². The molecule has 15 rings (SSSR count). The van der Waals surface area contributed by atoms with Crippen LogP contribution in [0.5, 0.6) is 0 Å². The molecule has 6 aliphatic rings. The molecule has 12 atom stereocenters. The minimum Gasteiger partial charge on any atom is -0.450 e. The van der Waals surface area contributed by atoms with Crippen LogP contribution in [0.2, 0.25) is 0 Å². The maximum atomic E-state index is 13.5. The highest BCUT2D eigenvalue weighted by molar-refractivity contribution is 5.69. The quantitative estimate of drug-likeness (QED) is 0.0810. The zero-order chi connectivity index (χ0) is 70.5. The molecule has 6 aromatic heterocycles. The third kappa shape index (κ3) is 17.1. The molecule has 3 amide bonds. The predicted octanol–water partition coefficient (Wildman–Crippen LogP) is 17.3. The molecule has 18 nitrogen and oxygen atoms in total.